The van der Waals surface area contributed by atoms with Gasteiger partial charge in [0.05, 0.1) is 0 Å². The van der Waals surface area contributed by atoms with Crippen LogP contribution in [0.5, 0.6) is 5.75 Å². The molecule has 1 aromatic carbocycles. The monoisotopic (exact) mass is 314 g/mol. The maximum atomic E-state index is 10.1. The molecule has 0 aromatic heterocycles. The van der Waals surface area contributed by atoms with Crippen LogP contribution >= 0.6 is 0 Å². The molecule has 74 valence electrons. The van der Waals surface area contributed by atoms with Crippen molar-refractivity contribution in [2.75, 3.05) is 0 Å². The van der Waals surface area contributed by atoms with Crippen LogP contribution in [0.25, 0.3) is 5.76 Å². The van der Waals surface area contributed by atoms with Crippen LogP contribution in [0.2, 0.25) is 0 Å². The average molecular weight is 312 g/mol. The number of rotatable bonds is 0. The molecule has 3 rings (SSSR count). The Morgan fingerprint density at radius 2 is 2.07 bits per heavy atom. The Morgan fingerprint density at radius 1 is 1.20 bits per heavy atom. The van der Waals surface area contributed by atoms with E-state index in [4.69, 9.17) is 4.74 Å². The van der Waals surface area contributed by atoms with E-state index in [2.05, 4.69) is 4.12 Å². The predicted molar refractivity (Wildman–Crippen MR) is 59.6 cm³/mol. The number of hydrogen-bond donors (Lipinski definition) is 1. The minimum absolute atomic E-state index is 0.398. The molecule has 0 radical (unpaired) electrons. The average Bonchev–Trinajstić information content (AvgIpc) is 2.30. The van der Waals surface area contributed by atoms with Gasteiger partial charge in [0.1, 0.15) is 0 Å². The first-order valence-corrected chi connectivity index (χ1v) is 7.11. The summed E-state index contributed by atoms with van der Waals surface area (Å²) in [5.41, 5.74) is 0.810. The zero-order valence-electron chi connectivity index (χ0n) is 7.81. The van der Waals surface area contributed by atoms with Crippen LogP contribution in [0.1, 0.15) is 5.56 Å². The first kappa shape index (κ1) is 9.08. The topological polar surface area (TPSA) is 29.5 Å². The van der Waals surface area contributed by atoms with Crippen LogP contribution in [0.4, 0.5) is 0 Å². The van der Waals surface area contributed by atoms with E-state index in [-0.39, 0.29) is 0 Å². The predicted octanol–water partition coefficient (Wildman–Crippen LogP) is 2.42. The van der Waals surface area contributed by atoms with Gasteiger partial charge in [0.25, 0.3) is 0 Å². The van der Waals surface area contributed by atoms with Gasteiger partial charge in [0.2, 0.25) is 0 Å². The number of aliphatic hydroxyl groups excluding tert-OH is 1. The van der Waals surface area contributed by atoms with Crippen LogP contribution in [-0.2, 0) is 0 Å². The Bertz CT molecular complexity index is 512. The normalized spacial score (nSPS) is 17.7. The summed E-state index contributed by atoms with van der Waals surface area (Å²) in [5.74, 6) is 1.96. The van der Waals surface area contributed by atoms with Crippen LogP contribution in [0, 0.1) is 0 Å². The van der Waals surface area contributed by atoms with Crippen molar-refractivity contribution >= 4 is 26.7 Å². The summed E-state index contributed by atoms with van der Waals surface area (Å²) in [4.78, 5) is 0. The second-order valence-corrected chi connectivity index (χ2v) is 5.87. The molecule has 0 aliphatic carbocycles. The molecule has 0 atom stereocenters. The summed E-state index contributed by atoms with van der Waals surface area (Å²) in [7, 11) is 0. The van der Waals surface area contributed by atoms with Gasteiger partial charge in [-0.05, 0) is 0 Å². The molecule has 2 aliphatic rings. The van der Waals surface area contributed by atoms with Crippen molar-refractivity contribution in [1.82, 2.24) is 0 Å². The van der Waals surface area contributed by atoms with Crippen molar-refractivity contribution < 1.29 is 9.84 Å². The zero-order chi connectivity index (χ0) is 10.3. The first-order valence-electron chi connectivity index (χ1n) is 4.60. The van der Waals surface area contributed by atoms with Gasteiger partial charge in [-0.15, -0.1) is 0 Å². The molecule has 15 heavy (non-hydrogen) atoms. The van der Waals surface area contributed by atoms with E-state index in [0.717, 1.165) is 20.7 Å². The number of fused-ring (bicyclic) bond motifs is 2. The molecule has 2 nitrogen and oxygen atoms in total. The molecule has 0 saturated carbocycles. The van der Waals surface area contributed by atoms with Crippen molar-refractivity contribution in [1.29, 1.82) is 0 Å². The summed E-state index contributed by atoms with van der Waals surface area (Å²) in [6, 6.07) is 7.59. The van der Waals surface area contributed by atoms with Gasteiger partial charge in [-0.2, -0.15) is 0 Å². The molecule has 0 saturated heterocycles. The van der Waals surface area contributed by atoms with Gasteiger partial charge < -0.3 is 0 Å². The molecule has 0 spiro atoms. The molecule has 2 heterocycles. The third-order valence-electron chi connectivity index (χ3n) is 2.31. The van der Waals surface area contributed by atoms with Gasteiger partial charge >= 0.3 is 97.8 Å². The summed E-state index contributed by atoms with van der Waals surface area (Å²) in [6.07, 6.45) is 3.91. The number of para-hydroxylation sites is 1. The Morgan fingerprint density at radius 3 is 3.00 bits per heavy atom. The van der Waals surface area contributed by atoms with E-state index in [0.29, 0.717) is 5.76 Å². The van der Waals surface area contributed by atoms with Gasteiger partial charge in [-0.3, -0.25) is 0 Å². The van der Waals surface area contributed by atoms with Crippen LogP contribution in [0.3, 0.4) is 0 Å². The third-order valence-corrected chi connectivity index (χ3v) is 4.95. The Balaban J connectivity index is 2.23. The molecule has 0 fully saturated rings. The quantitative estimate of drug-likeness (QED) is 0.746. The maximum absolute atomic E-state index is 10.1. The van der Waals surface area contributed by atoms with Gasteiger partial charge in [-0.25, -0.2) is 0 Å². The number of allylic oxidation sites excluding steroid dienone is 3. The second-order valence-electron chi connectivity index (χ2n) is 3.25. The fourth-order valence-electron chi connectivity index (χ4n) is 1.61. The Kier molecular flexibility index (Phi) is 2.09. The van der Waals surface area contributed by atoms with Gasteiger partial charge in [-0.1, -0.05) is 0 Å². The first-order chi connectivity index (χ1) is 7.36. The van der Waals surface area contributed by atoms with Crippen molar-refractivity contribution in [3.8, 4) is 5.75 Å². The van der Waals surface area contributed by atoms with E-state index in [1.165, 1.54) is 0 Å². The molecule has 1 aromatic rings. The van der Waals surface area contributed by atoms with E-state index >= 15 is 0 Å². The third kappa shape index (κ3) is 1.40. The van der Waals surface area contributed by atoms with E-state index in [9.17, 15) is 5.11 Å². The summed E-state index contributed by atoms with van der Waals surface area (Å²) in [5, 5.41) is 10.1. The Hall–Kier alpha value is -1.17. The van der Waals surface area contributed by atoms with Crippen LogP contribution in [-0.4, -0.2) is 26.0 Å². The number of ether oxygens (including phenoxy) is 1. The van der Waals surface area contributed by atoms with Crippen molar-refractivity contribution in [2.24, 2.45) is 0 Å². The zero-order valence-corrected chi connectivity index (χ0v) is 10.1. The number of benzene rings is 1. The summed E-state index contributed by atoms with van der Waals surface area (Å²) < 4.78 is 8.87. The molecule has 0 unspecified atom stereocenters. The Labute approximate surface area is 97.7 Å². The van der Waals surface area contributed by atoms with Gasteiger partial charge in [0.15, 0.2) is 0 Å². The molecule has 0 bridgehead atoms. The van der Waals surface area contributed by atoms with Crippen molar-refractivity contribution in [3.63, 3.8) is 0 Å². The molecule has 0 amide bonds. The number of hydrogen-bond acceptors (Lipinski definition) is 2. The fourth-order valence-corrected chi connectivity index (χ4v) is 3.73. The molecular weight excluding hydrogens is 304 g/mol. The summed E-state index contributed by atoms with van der Waals surface area (Å²) in [6.45, 7) is 0. The summed E-state index contributed by atoms with van der Waals surface area (Å²) >= 11 is -0.436. The van der Waals surface area contributed by atoms with E-state index < -0.39 is 20.9 Å². The van der Waals surface area contributed by atoms with Crippen LogP contribution in [0.15, 0.2) is 49.9 Å². The molecule has 1 N–H and O–H groups in total. The minimum atomic E-state index is -0.436. The van der Waals surface area contributed by atoms with Crippen molar-refractivity contribution in [3.05, 3.63) is 55.5 Å². The molecule has 3 heteroatoms. The van der Waals surface area contributed by atoms with Gasteiger partial charge in [0, 0.05) is 0 Å². The molecule has 2 aliphatic heterocycles. The second kappa shape index (κ2) is 3.44. The number of aliphatic hydroxyl groups is 1. The SMILES string of the molecule is OC1=C2[Te]C=CC=C2Oc2ccccc21. The van der Waals surface area contributed by atoms with E-state index in [1.54, 1.807) is 0 Å². The van der Waals surface area contributed by atoms with Crippen molar-refractivity contribution in [2.45, 2.75) is 0 Å². The van der Waals surface area contributed by atoms with Crippen LogP contribution < -0.4 is 4.74 Å². The van der Waals surface area contributed by atoms with E-state index in [1.807, 2.05) is 36.4 Å². The molecular formula is C12H8O2Te. The fraction of sp³-hybridized carbons (Fsp3) is 0. The standard InChI is InChI=1S/C12H8O2Te/c13-11-8-4-1-2-5-9(8)14-10-6-3-7-15-12(10)11/h1-7,13H.